The maximum atomic E-state index is 12.5. The van der Waals surface area contributed by atoms with Crippen LogP contribution in [0.25, 0.3) is 0 Å². The molecule has 6 nitrogen and oxygen atoms in total. The van der Waals surface area contributed by atoms with Gasteiger partial charge >= 0.3 is 5.97 Å². The van der Waals surface area contributed by atoms with Gasteiger partial charge in [-0.2, -0.15) is 0 Å². The van der Waals surface area contributed by atoms with Crippen LogP contribution >= 0.6 is 0 Å². The zero-order valence-corrected chi connectivity index (χ0v) is 11.9. The number of nitrogens with zero attached hydrogens (tertiary/aromatic N) is 1. The molecular weight excluding hydrogens is 260 g/mol. The van der Waals surface area contributed by atoms with Crippen molar-refractivity contribution in [2.45, 2.75) is 25.9 Å². The second-order valence-electron chi connectivity index (χ2n) is 4.87. The molecule has 0 saturated heterocycles. The molecule has 0 aromatic heterocycles. The number of hydrogen-bond acceptors (Lipinski definition) is 4. The number of carboxylic acids is 1. The lowest BCUT2D eigenvalue weighted by molar-refractivity contribution is -0.138. The molecule has 0 fully saturated rings. The molecule has 0 spiro atoms. The van der Waals surface area contributed by atoms with E-state index in [1.165, 1.54) is 12.0 Å². The zero-order valence-electron chi connectivity index (χ0n) is 11.9. The molecule has 1 aromatic carbocycles. The van der Waals surface area contributed by atoms with E-state index in [1.54, 1.807) is 38.1 Å². The van der Waals surface area contributed by atoms with E-state index in [2.05, 4.69) is 0 Å². The molecule has 0 atom stereocenters. The summed E-state index contributed by atoms with van der Waals surface area (Å²) in [4.78, 5) is 24.6. The van der Waals surface area contributed by atoms with Crippen molar-refractivity contribution >= 4 is 23.3 Å². The largest absolute Gasteiger partial charge is 0.481 e. The number of nitrogens with two attached hydrogens (primary N) is 1. The monoisotopic (exact) mass is 280 g/mol. The van der Waals surface area contributed by atoms with Gasteiger partial charge in [-0.3, -0.25) is 9.59 Å². The van der Waals surface area contributed by atoms with Crippen molar-refractivity contribution in [1.29, 1.82) is 0 Å². The molecule has 0 heterocycles. The summed E-state index contributed by atoms with van der Waals surface area (Å²) in [6.45, 7) is 3.29. The number of para-hydroxylation sites is 2. The molecule has 0 unspecified atom stereocenters. The van der Waals surface area contributed by atoms with Crippen molar-refractivity contribution in [1.82, 2.24) is 0 Å². The molecule has 20 heavy (non-hydrogen) atoms. The van der Waals surface area contributed by atoms with Gasteiger partial charge in [-0.05, 0) is 26.0 Å². The predicted octanol–water partition coefficient (Wildman–Crippen LogP) is 1.50. The summed E-state index contributed by atoms with van der Waals surface area (Å²) in [5.41, 5.74) is 5.72. The average molecular weight is 280 g/mol. The van der Waals surface area contributed by atoms with E-state index in [-0.39, 0.29) is 18.9 Å². The Morgan fingerprint density at radius 3 is 2.45 bits per heavy atom. The SMILES string of the molecule is COC(C)(C)C(=O)N(CCC(=O)O)c1ccccc1N. The highest BCUT2D eigenvalue weighted by molar-refractivity contribution is 6.01. The number of methoxy groups -OCH3 is 1. The highest BCUT2D eigenvalue weighted by atomic mass is 16.5. The lowest BCUT2D eigenvalue weighted by Crippen LogP contribution is -2.47. The Morgan fingerprint density at radius 2 is 1.95 bits per heavy atom. The third kappa shape index (κ3) is 3.71. The Kier molecular flexibility index (Phi) is 5.10. The van der Waals surface area contributed by atoms with Gasteiger partial charge in [0, 0.05) is 13.7 Å². The smallest absolute Gasteiger partial charge is 0.305 e. The predicted molar refractivity (Wildman–Crippen MR) is 76.5 cm³/mol. The van der Waals surface area contributed by atoms with Gasteiger partial charge in [0.2, 0.25) is 0 Å². The van der Waals surface area contributed by atoms with Crippen LogP contribution in [0.4, 0.5) is 11.4 Å². The minimum atomic E-state index is -1.05. The van der Waals surface area contributed by atoms with Crippen LogP contribution in [-0.2, 0) is 14.3 Å². The molecule has 1 aromatic rings. The van der Waals surface area contributed by atoms with Crippen molar-refractivity contribution < 1.29 is 19.4 Å². The van der Waals surface area contributed by atoms with E-state index in [1.807, 2.05) is 0 Å². The molecule has 0 bridgehead atoms. The number of anilines is 2. The summed E-state index contributed by atoms with van der Waals surface area (Å²) in [5, 5.41) is 8.82. The van der Waals surface area contributed by atoms with Gasteiger partial charge in [-0.25, -0.2) is 0 Å². The van der Waals surface area contributed by atoms with Crippen molar-refractivity contribution in [2.24, 2.45) is 0 Å². The first-order chi connectivity index (χ1) is 9.29. The number of benzene rings is 1. The first kappa shape index (κ1) is 16.0. The van der Waals surface area contributed by atoms with Gasteiger partial charge in [0.25, 0.3) is 5.91 Å². The normalized spacial score (nSPS) is 11.2. The number of ether oxygens (including phenoxy) is 1. The fourth-order valence-corrected chi connectivity index (χ4v) is 1.68. The topological polar surface area (TPSA) is 92.9 Å². The van der Waals surface area contributed by atoms with Crippen molar-refractivity contribution in [3.05, 3.63) is 24.3 Å². The first-order valence-corrected chi connectivity index (χ1v) is 6.23. The van der Waals surface area contributed by atoms with Gasteiger partial charge in [-0.1, -0.05) is 12.1 Å². The van der Waals surface area contributed by atoms with Gasteiger partial charge in [0.1, 0.15) is 5.60 Å². The number of amides is 1. The fraction of sp³-hybridized carbons (Fsp3) is 0.429. The Bertz CT molecular complexity index is 500. The maximum Gasteiger partial charge on any atom is 0.305 e. The summed E-state index contributed by atoms with van der Waals surface area (Å²) in [6, 6.07) is 6.84. The summed E-state index contributed by atoms with van der Waals surface area (Å²) < 4.78 is 5.17. The number of rotatable bonds is 6. The number of nitrogen functional groups attached to an aromatic ring is 1. The van der Waals surface area contributed by atoms with Crippen LogP contribution in [0.2, 0.25) is 0 Å². The van der Waals surface area contributed by atoms with Crippen LogP contribution in [0.15, 0.2) is 24.3 Å². The van der Waals surface area contributed by atoms with Crippen LogP contribution in [-0.4, -0.2) is 36.2 Å². The van der Waals surface area contributed by atoms with Crippen molar-refractivity contribution in [3.63, 3.8) is 0 Å². The van der Waals surface area contributed by atoms with Crippen molar-refractivity contribution in [3.8, 4) is 0 Å². The second kappa shape index (κ2) is 6.38. The Balaban J connectivity index is 3.12. The molecular formula is C14H20N2O4. The molecule has 110 valence electrons. The van der Waals surface area contributed by atoms with Gasteiger partial charge in [0.05, 0.1) is 17.8 Å². The quantitative estimate of drug-likeness (QED) is 0.770. The maximum absolute atomic E-state index is 12.5. The number of carbonyl (C=O) groups is 2. The lowest BCUT2D eigenvalue weighted by Gasteiger charge is -2.31. The van der Waals surface area contributed by atoms with Crippen LogP contribution in [0.5, 0.6) is 0 Å². The summed E-state index contributed by atoms with van der Waals surface area (Å²) in [7, 11) is 1.43. The standard InChI is InChI=1S/C14H20N2O4/c1-14(2,20-3)13(19)16(9-8-12(17)18)11-7-5-4-6-10(11)15/h4-7H,8-9,15H2,1-3H3,(H,17,18). The molecule has 6 heteroatoms. The molecule has 0 radical (unpaired) electrons. The van der Waals surface area contributed by atoms with E-state index in [0.29, 0.717) is 11.4 Å². The van der Waals surface area contributed by atoms with Crippen LogP contribution in [0.3, 0.4) is 0 Å². The Labute approximate surface area is 118 Å². The van der Waals surface area contributed by atoms with Crippen LogP contribution in [0, 0.1) is 0 Å². The molecule has 0 aliphatic carbocycles. The zero-order chi connectivity index (χ0) is 15.3. The van der Waals surface area contributed by atoms with E-state index in [0.717, 1.165) is 0 Å². The Hall–Kier alpha value is -2.08. The number of aliphatic carboxylic acids is 1. The second-order valence-corrected chi connectivity index (χ2v) is 4.87. The third-order valence-corrected chi connectivity index (χ3v) is 3.05. The summed E-state index contributed by atoms with van der Waals surface area (Å²) >= 11 is 0. The number of hydrogen-bond donors (Lipinski definition) is 2. The van der Waals surface area contributed by atoms with Crippen molar-refractivity contribution in [2.75, 3.05) is 24.3 Å². The molecule has 3 N–H and O–H groups in total. The van der Waals surface area contributed by atoms with Gasteiger partial charge in [-0.15, -0.1) is 0 Å². The minimum Gasteiger partial charge on any atom is -0.481 e. The average Bonchev–Trinajstić information content (AvgIpc) is 2.40. The summed E-state index contributed by atoms with van der Waals surface area (Å²) in [6.07, 6.45) is -0.167. The lowest BCUT2D eigenvalue weighted by atomic mass is 10.1. The molecule has 1 rings (SSSR count). The molecule has 1 amide bonds. The van der Waals surface area contributed by atoms with E-state index in [9.17, 15) is 9.59 Å². The highest BCUT2D eigenvalue weighted by Crippen LogP contribution is 2.26. The summed E-state index contributed by atoms with van der Waals surface area (Å²) in [5.74, 6) is -1.31. The van der Waals surface area contributed by atoms with E-state index >= 15 is 0 Å². The molecule has 0 saturated carbocycles. The van der Waals surface area contributed by atoms with Gasteiger partial charge in [0.15, 0.2) is 0 Å². The number of carboxylic acid groups (broad SMARTS) is 1. The fourth-order valence-electron chi connectivity index (χ4n) is 1.68. The number of carbonyl (C=O) groups excluding carboxylic acids is 1. The van der Waals surface area contributed by atoms with E-state index < -0.39 is 11.6 Å². The van der Waals surface area contributed by atoms with Crippen LogP contribution < -0.4 is 10.6 Å². The molecule has 0 aliphatic heterocycles. The minimum absolute atomic E-state index is 0.0369. The molecule has 0 aliphatic rings. The highest BCUT2D eigenvalue weighted by Gasteiger charge is 2.33. The van der Waals surface area contributed by atoms with Gasteiger partial charge < -0.3 is 20.5 Å². The third-order valence-electron chi connectivity index (χ3n) is 3.05. The Morgan fingerprint density at radius 1 is 1.35 bits per heavy atom. The first-order valence-electron chi connectivity index (χ1n) is 6.23. The van der Waals surface area contributed by atoms with E-state index in [4.69, 9.17) is 15.6 Å². The van der Waals surface area contributed by atoms with Crippen LogP contribution in [0.1, 0.15) is 20.3 Å².